The van der Waals surface area contributed by atoms with Crippen molar-refractivity contribution in [3.8, 4) is 0 Å². The molecule has 0 radical (unpaired) electrons. The molecule has 1 aromatic carbocycles. The first-order chi connectivity index (χ1) is 8.70. The van der Waals surface area contributed by atoms with Crippen LogP contribution in [-0.4, -0.2) is 9.97 Å². The number of imidazole rings is 1. The van der Waals surface area contributed by atoms with Crippen LogP contribution in [0.5, 0.6) is 0 Å². The van der Waals surface area contributed by atoms with Gasteiger partial charge < -0.3 is 10.3 Å². The Labute approximate surface area is 114 Å². The largest absolute Gasteiger partial charge is 0.347 e. The van der Waals surface area contributed by atoms with Crippen LogP contribution in [-0.2, 0) is 6.54 Å². The van der Waals surface area contributed by atoms with Crippen LogP contribution in [0.1, 0.15) is 30.8 Å². The maximum absolute atomic E-state index is 13.0. The molecule has 18 heavy (non-hydrogen) atoms. The number of H-pyrrole nitrogens is 1. The molecule has 0 saturated heterocycles. The van der Waals surface area contributed by atoms with E-state index in [4.69, 9.17) is 0 Å². The fourth-order valence-corrected chi connectivity index (χ4v) is 2.29. The van der Waals surface area contributed by atoms with Crippen LogP contribution >= 0.6 is 15.9 Å². The number of nitrogens with zero attached hydrogens (tertiary/aromatic N) is 1. The standard InChI is InChI=1S/C13H15BrFN3/c1-2-12(13-16-5-6-17-13)18-8-9-3-4-10(15)7-11(9)14/h3-7,12,18H,2,8H2,1H3,(H,16,17). The number of aromatic amines is 1. The molecule has 1 atom stereocenters. The lowest BCUT2D eigenvalue weighted by Crippen LogP contribution is -2.21. The molecule has 0 aliphatic heterocycles. The summed E-state index contributed by atoms with van der Waals surface area (Å²) >= 11 is 3.36. The van der Waals surface area contributed by atoms with Crippen LogP contribution in [0.3, 0.4) is 0 Å². The zero-order chi connectivity index (χ0) is 13.0. The lowest BCUT2D eigenvalue weighted by Gasteiger charge is -2.15. The third-order valence-electron chi connectivity index (χ3n) is 2.81. The number of rotatable bonds is 5. The smallest absolute Gasteiger partial charge is 0.124 e. The summed E-state index contributed by atoms with van der Waals surface area (Å²) in [4.78, 5) is 7.35. The Kier molecular flexibility index (Phi) is 4.49. The third kappa shape index (κ3) is 3.17. The minimum atomic E-state index is -0.233. The van der Waals surface area contributed by atoms with E-state index in [1.165, 1.54) is 12.1 Å². The van der Waals surface area contributed by atoms with Gasteiger partial charge in [-0.05, 0) is 24.1 Å². The minimum Gasteiger partial charge on any atom is -0.347 e. The lowest BCUT2D eigenvalue weighted by molar-refractivity contribution is 0.496. The molecule has 96 valence electrons. The van der Waals surface area contributed by atoms with Gasteiger partial charge in [0.15, 0.2) is 0 Å². The van der Waals surface area contributed by atoms with Crippen molar-refractivity contribution in [1.29, 1.82) is 0 Å². The van der Waals surface area contributed by atoms with Crippen LogP contribution in [0.4, 0.5) is 4.39 Å². The quantitative estimate of drug-likeness (QED) is 0.886. The monoisotopic (exact) mass is 311 g/mol. The van der Waals surface area contributed by atoms with Crippen LogP contribution in [0.25, 0.3) is 0 Å². The molecule has 0 bridgehead atoms. The molecule has 0 aliphatic carbocycles. The van der Waals surface area contributed by atoms with Gasteiger partial charge in [-0.3, -0.25) is 0 Å². The van der Waals surface area contributed by atoms with Gasteiger partial charge >= 0.3 is 0 Å². The molecule has 1 heterocycles. The minimum absolute atomic E-state index is 0.178. The Morgan fingerprint density at radius 2 is 2.33 bits per heavy atom. The summed E-state index contributed by atoms with van der Waals surface area (Å²) in [6, 6.07) is 4.90. The van der Waals surface area contributed by atoms with Crippen LogP contribution in [0.15, 0.2) is 35.1 Å². The lowest BCUT2D eigenvalue weighted by atomic mass is 10.1. The molecule has 2 aromatic rings. The Morgan fingerprint density at radius 3 is 2.94 bits per heavy atom. The Bertz CT molecular complexity index is 499. The second-order valence-electron chi connectivity index (χ2n) is 4.05. The summed E-state index contributed by atoms with van der Waals surface area (Å²) in [6.07, 6.45) is 4.49. The average Bonchev–Trinajstić information content (AvgIpc) is 2.86. The topological polar surface area (TPSA) is 40.7 Å². The predicted octanol–water partition coefficient (Wildman–Crippen LogP) is 3.55. The summed E-state index contributed by atoms with van der Waals surface area (Å²) in [6.45, 7) is 2.76. The van der Waals surface area contributed by atoms with E-state index in [9.17, 15) is 4.39 Å². The Hall–Kier alpha value is -1.20. The first-order valence-electron chi connectivity index (χ1n) is 5.87. The fraction of sp³-hybridized carbons (Fsp3) is 0.308. The normalized spacial score (nSPS) is 12.6. The third-order valence-corrected chi connectivity index (χ3v) is 3.55. The molecule has 1 aromatic heterocycles. The van der Waals surface area contributed by atoms with Gasteiger partial charge in [0, 0.05) is 23.4 Å². The number of halogens is 2. The van der Waals surface area contributed by atoms with E-state index in [1.54, 1.807) is 12.3 Å². The molecular formula is C13H15BrFN3. The van der Waals surface area contributed by atoms with E-state index in [2.05, 4.69) is 38.1 Å². The number of benzene rings is 1. The first kappa shape index (κ1) is 13.2. The van der Waals surface area contributed by atoms with Crippen molar-refractivity contribution in [3.05, 3.63) is 52.3 Å². The molecule has 0 saturated carbocycles. The van der Waals surface area contributed by atoms with E-state index >= 15 is 0 Å². The van der Waals surface area contributed by atoms with E-state index in [0.29, 0.717) is 6.54 Å². The van der Waals surface area contributed by atoms with E-state index in [1.807, 2.05) is 6.20 Å². The van der Waals surface area contributed by atoms with Gasteiger partial charge in [0.05, 0.1) is 6.04 Å². The number of nitrogens with one attached hydrogen (secondary N) is 2. The predicted molar refractivity (Wildman–Crippen MR) is 72.6 cm³/mol. The highest BCUT2D eigenvalue weighted by Gasteiger charge is 2.11. The highest BCUT2D eigenvalue weighted by Crippen LogP contribution is 2.19. The summed E-state index contributed by atoms with van der Waals surface area (Å²) in [5, 5.41) is 3.40. The SMILES string of the molecule is CCC(NCc1ccc(F)cc1Br)c1ncc[nH]1. The molecule has 2 N–H and O–H groups in total. The van der Waals surface area contributed by atoms with Crippen molar-refractivity contribution >= 4 is 15.9 Å². The van der Waals surface area contributed by atoms with Gasteiger partial charge in [0.2, 0.25) is 0 Å². The van der Waals surface area contributed by atoms with Crippen molar-refractivity contribution in [1.82, 2.24) is 15.3 Å². The molecule has 2 rings (SSSR count). The molecule has 3 nitrogen and oxygen atoms in total. The van der Waals surface area contributed by atoms with Crippen LogP contribution in [0, 0.1) is 5.82 Å². The van der Waals surface area contributed by atoms with Crippen LogP contribution < -0.4 is 5.32 Å². The van der Waals surface area contributed by atoms with Gasteiger partial charge in [0.1, 0.15) is 11.6 Å². The van der Waals surface area contributed by atoms with Gasteiger partial charge in [-0.25, -0.2) is 9.37 Å². The molecule has 0 aliphatic rings. The van der Waals surface area contributed by atoms with Crippen LogP contribution in [0.2, 0.25) is 0 Å². The highest BCUT2D eigenvalue weighted by atomic mass is 79.9. The van der Waals surface area contributed by atoms with Crippen molar-refractivity contribution in [2.24, 2.45) is 0 Å². The van der Waals surface area contributed by atoms with Crippen molar-refractivity contribution < 1.29 is 4.39 Å². The average molecular weight is 312 g/mol. The fourth-order valence-electron chi connectivity index (χ4n) is 1.80. The molecule has 1 unspecified atom stereocenters. The summed E-state index contributed by atoms with van der Waals surface area (Å²) in [5.41, 5.74) is 1.03. The number of hydrogen-bond donors (Lipinski definition) is 2. The Balaban J connectivity index is 2.02. The molecular weight excluding hydrogens is 297 g/mol. The van der Waals surface area contributed by atoms with Crippen molar-refractivity contribution in [2.75, 3.05) is 0 Å². The van der Waals surface area contributed by atoms with Gasteiger partial charge in [0.25, 0.3) is 0 Å². The molecule has 0 fully saturated rings. The summed E-state index contributed by atoms with van der Waals surface area (Å²) in [7, 11) is 0. The van der Waals surface area contributed by atoms with E-state index in [0.717, 1.165) is 22.3 Å². The zero-order valence-electron chi connectivity index (χ0n) is 10.1. The first-order valence-corrected chi connectivity index (χ1v) is 6.66. The maximum atomic E-state index is 13.0. The molecule has 0 amide bonds. The summed E-state index contributed by atoms with van der Waals surface area (Å²) < 4.78 is 13.8. The van der Waals surface area contributed by atoms with Crippen molar-refractivity contribution in [2.45, 2.75) is 25.9 Å². The van der Waals surface area contributed by atoms with Gasteiger partial charge in [-0.1, -0.05) is 28.9 Å². The van der Waals surface area contributed by atoms with E-state index < -0.39 is 0 Å². The Morgan fingerprint density at radius 1 is 1.50 bits per heavy atom. The second kappa shape index (κ2) is 6.11. The number of aromatic nitrogens is 2. The zero-order valence-corrected chi connectivity index (χ0v) is 11.7. The van der Waals surface area contributed by atoms with Gasteiger partial charge in [-0.15, -0.1) is 0 Å². The second-order valence-corrected chi connectivity index (χ2v) is 4.91. The molecule has 0 spiro atoms. The van der Waals surface area contributed by atoms with Gasteiger partial charge in [-0.2, -0.15) is 0 Å². The maximum Gasteiger partial charge on any atom is 0.124 e. The molecule has 5 heteroatoms. The van der Waals surface area contributed by atoms with E-state index in [-0.39, 0.29) is 11.9 Å². The van der Waals surface area contributed by atoms with Crippen molar-refractivity contribution in [3.63, 3.8) is 0 Å². The highest BCUT2D eigenvalue weighted by molar-refractivity contribution is 9.10. The number of hydrogen-bond acceptors (Lipinski definition) is 2. The summed E-state index contributed by atoms with van der Waals surface area (Å²) in [5.74, 6) is 0.694.